The lowest BCUT2D eigenvalue weighted by Gasteiger charge is -2.42. The van der Waals surface area contributed by atoms with E-state index in [1.54, 1.807) is 0 Å². The Bertz CT molecular complexity index is 1220. The zero-order chi connectivity index (χ0) is 30.5. The SMILES string of the molecule is CC(=O)N[C@@H]1[C@@H](OC(=O)Nc2ccc(C(F)(F)F)cc2)[C@H](O)[C@@H](COC(=O)Nc2ccc(C(F)(F)F)cc2)O[C@H]1O. The molecule has 0 spiro atoms. The van der Waals surface area contributed by atoms with Gasteiger partial charge in [0.2, 0.25) is 5.91 Å². The third-order valence-electron chi connectivity index (χ3n) is 5.60. The quantitative estimate of drug-likeness (QED) is 0.318. The predicted molar refractivity (Wildman–Crippen MR) is 126 cm³/mol. The summed E-state index contributed by atoms with van der Waals surface area (Å²) in [5.41, 5.74) is -2.09. The van der Waals surface area contributed by atoms with Crippen molar-refractivity contribution >= 4 is 29.5 Å². The Kier molecular flexibility index (Phi) is 9.67. The van der Waals surface area contributed by atoms with Gasteiger partial charge in [-0.1, -0.05) is 0 Å². The number of aliphatic hydroxyl groups excluding tert-OH is 2. The molecule has 1 fully saturated rings. The van der Waals surface area contributed by atoms with E-state index in [2.05, 4.69) is 16.0 Å². The molecule has 1 aliphatic rings. The van der Waals surface area contributed by atoms with E-state index < -0.39 is 78.8 Å². The summed E-state index contributed by atoms with van der Waals surface area (Å²) in [6.07, 6.45) is -18.6. The van der Waals surface area contributed by atoms with Gasteiger partial charge in [0, 0.05) is 18.3 Å². The van der Waals surface area contributed by atoms with Crippen molar-refractivity contribution in [1.82, 2.24) is 5.32 Å². The predicted octanol–water partition coefficient (Wildman–Crippen LogP) is 3.47. The van der Waals surface area contributed by atoms with Crippen molar-refractivity contribution < 1.29 is 65.1 Å². The Morgan fingerprint density at radius 2 is 1.29 bits per heavy atom. The van der Waals surface area contributed by atoms with Gasteiger partial charge in [-0.05, 0) is 48.5 Å². The highest BCUT2D eigenvalue weighted by atomic mass is 19.4. The first kappa shape index (κ1) is 31.4. The molecule has 2 aromatic carbocycles. The standard InChI is InChI=1S/C24H23F6N3O8/c1-11(34)31-17-19(41-22(38)33-15-8-4-13(5-9-15)24(28,29)30)18(35)16(40-20(17)36)10-39-21(37)32-14-6-2-12(3-7-14)23(25,26)27/h2-9,16-20,35-36H,10H2,1H3,(H,31,34)(H,32,37)(H,33,38)/t16-,17-,18-,19-,20-/m1/s1. The van der Waals surface area contributed by atoms with Crippen molar-refractivity contribution in [2.45, 2.75) is 49.9 Å². The fraction of sp³-hybridized carbons (Fsp3) is 0.375. The molecule has 11 nitrogen and oxygen atoms in total. The van der Waals surface area contributed by atoms with Crippen LogP contribution in [0.3, 0.4) is 0 Å². The van der Waals surface area contributed by atoms with Gasteiger partial charge >= 0.3 is 24.5 Å². The first-order valence-corrected chi connectivity index (χ1v) is 11.6. The van der Waals surface area contributed by atoms with E-state index in [1.807, 2.05) is 0 Å². The number of aliphatic hydroxyl groups is 2. The molecule has 2 aromatic rings. The highest BCUT2D eigenvalue weighted by molar-refractivity contribution is 5.85. The summed E-state index contributed by atoms with van der Waals surface area (Å²) in [5, 5.41) is 27.6. The molecule has 0 saturated carbocycles. The number of carbonyl (C=O) groups is 3. The number of anilines is 2. The fourth-order valence-corrected chi connectivity index (χ4v) is 3.67. The van der Waals surface area contributed by atoms with E-state index in [-0.39, 0.29) is 11.4 Å². The van der Waals surface area contributed by atoms with Gasteiger partial charge in [0.05, 0.1) is 11.1 Å². The molecule has 5 N–H and O–H groups in total. The van der Waals surface area contributed by atoms with Crippen LogP contribution in [-0.4, -0.2) is 65.6 Å². The molecule has 0 bridgehead atoms. The Balaban J connectivity index is 1.64. The second kappa shape index (κ2) is 12.6. The second-order valence-corrected chi connectivity index (χ2v) is 8.65. The minimum absolute atomic E-state index is 0.0555. The zero-order valence-corrected chi connectivity index (χ0v) is 20.8. The van der Waals surface area contributed by atoms with Crippen LogP contribution < -0.4 is 16.0 Å². The minimum Gasteiger partial charge on any atom is -0.446 e. The normalized spacial score (nSPS) is 22.8. The van der Waals surface area contributed by atoms with Crippen LogP contribution in [0.1, 0.15) is 18.1 Å². The third kappa shape index (κ3) is 8.70. The van der Waals surface area contributed by atoms with Crippen LogP contribution in [0.15, 0.2) is 48.5 Å². The van der Waals surface area contributed by atoms with E-state index in [0.717, 1.165) is 43.3 Å². The second-order valence-electron chi connectivity index (χ2n) is 8.65. The Labute approximate surface area is 227 Å². The van der Waals surface area contributed by atoms with Crippen LogP contribution in [-0.2, 0) is 31.4 Å². The lowest BCUT2D eigenvalue weighted by atomic mass is 9.96. The van der Waals surface area contributed by atoms with E-state index in [4.69, 9.17) is 14.2 Å². The largest absolute Gasteiger partial charge is 0.446 e. The average molecular weight is 595 g/mol. The molecule has 0 aliphatic carbocycles. The topological polar surface area (TPSA) is 155 Å². The van der Waals surface area contributed by atoms with Crippen LogP contribution in [0.5, 0.6) is 0 Å². The Hall–Kier alpha value is -4.09. The van der Waals surface area contributed by atoms with Gasteiger partial charge < -0.3 is 29.7 Å². The van der Waals surface area contributed by atoms with E-state index in [1.165, 1.54) is 0 Å². The number of nitrogens with one attached hydrogen (secondary N) is 3. The van der Waals surface area contributed by atoms with Crippen LogP contribution >= 0.6 is 0 Å². The van der Waals surface area contributed by atoms with E-state index in [9.17, 15) is 50.9 Å². The van der Waals surface area contributed by atoms with Gasteiger partial charge in [0.1, 0.15) is 24.9 Å². The van der Waals surface area contributed by atoms with Crippen molar-refractivity contribution in [3.8, 4) is 0 Å². The monoisotopic (exact) mass is 595 g/mol. The molecule has 224 valence electrons. The fourth-order valence-electron chi connectivity index (χ4n) is 3.67. The molecule has 5 atom stereocenters. The lowest BCUT2D eigenvalue weighted by molar-refractivity contribution is -0.252. The molecule has 17 heteroatoms. The summed E-state index contributed by atoms with van der Waals surface area (Å²) >= 11 is 0. The maximum absolute atomic E-state index is 12.7. The number of hydrogen-bond donors (Lipinski definition) is 5. The van der Waals surface area contributed by atoms with Gasteiger partial charge in [-0.25, -0.2) is 9.59 Å². The van der Waals surface area contributed by atoms with Gasteiger partial charge in [-0.15, -0.1) is 0 Å². The molecule has 3 rings (SSSR count). The Morgan fingerprint density at radius 1 is 0.829 bits per heavy atom. The number of rotatable bonds is 6. The van der Waals surface area contributed by atoms with Crippen molar-refractivity contribution in [2.24, 2.45) is 0 Å². The molecule has 0 aromatic heterocycles. The number of alkyl halides is 6. The van der Waals surface area contributed by atoms with E-state index >= 15 is 0 Å². The van der Waals surface area contributed by atoms with Gasteiger partial charge in [0.15, 0.2) is 12.4 Å². The molecule has 0 unspecified atom stereocenters. The zero-order valence-electron chi connectivity index (χ0n) is 20.8. The highest BCUT2D eigenvalue weighted by Crippen LogP contribution is 2.31. The van der Waals surface area contributed by atoms with Crippen LogP contribution in [0, 0.1) is 0 Å². The summed E-state index contributed by atoms with van der Waals surface area (Å²) in [6, 6.07) is 5.15. The molecular weight excluding hydrogens is 572 g/mol. The minimum atomic E-state index is -4.61. The maximum Gasteiger partial charge on any atom is 0.416 e. The Morgan fingerprint density at radius 3 is 1.73 bits per heavy atom. The summed E-state index contributed by atoms with van der Waals surface area (Å²) in [5.74, 6) is -0.716. The van der Waals surface area contributed by atoms with Crippen molar-refractivity contribution in [1.29, 1.82) is 0 Å². The van der Waals surface area contributed by atoms with Crippen molar-refractivity contribution in [3.63, 3.8) is 0 Å². The van der Waals surface area contributed by atoms with Crippen molar-refractivity contribution in [3.05, 3.63) is 59.7 Å². The maximum atomic E-state index is 12.7. The van der Waals surface area contributed by atoms with Gasteiger partial charge in [0.25, 0.3) is 0 Å². The number of carbonyl (C=O) groups excluding carboxylic acids is 3. The summed E-state index contributed by atoms with van der Waals surface area (Å²) in [6.45, 7) is 0.303. The molecule has 0 radical (unpaired) electrons. The van der Waals surface area contributed by atoms with Crippen LogP contribution in [0.25, 0.3) is 0 Å². The molecule has 1 aliphatic heterocycles. The number of amides is 3. The molecule has 3 amide bonds. The molecule has 1 saturated heterocycles. The number of hydrogen-bond acceptors (Lipinski definition) is 8. The average Bonchev–Trinajstić information content (AvgIpc) is 2.86. The molecule has 1 heterocycles. The lowest BCUT2D eigenvalue weighted by Crippen LogP contribution is -2.65. The first-order valence-electron chi connectivity index (χ1n) is 11.6. The van der Waals surface area contributed by atoms with Gasteiger partial charge in [-0.2, -0.15) is 26.3 Å². The van der Waals surface area contributed by atoms with Crippen LogP contribution in [0.2, 0.25) is 0 Å². The smallest absolute Gasteiger partial charge is 0.416 e. The van der Waals surface area contributed by atoms with Crippen molar-refractivity contribution in [2.75, 3.05) is 17.2 Å². The third-order valence-corrected chi connectivity index (χ3v) is 5.60. The summed E-state index contributed by atoms with van der Waals surface area (Å²) in [7, 11) is 0. The van der Waals surface area contributed by atoms with E-state index in [0.29, 0.717) is 12.1 Å². The number of halogens is 6. The summed E-state index contributed by atoms with van der Waals surface area (Å²) in [4.78, 5) is 36.1. The number of ether oxygens (including phenoxy) is 3. The summed E-state index contributed by atoms with van der Waals surface area (Å²) < 4.78 is 91.5. The molecule has 41 heavy (non-hydrogen) atoms. The number of benzene rings is 2. The molecular formula is C24H23F6N3O8. The van der Waals surface area contributed by atoms with Crippen LogP contribution in [0.4, 0.5) is 47.3 Å². The first-order chi connectivity index (χ1) is 19.0. The highest BCUT2D eigenvalue weighted by Gasteiger charge is 2.48. The van der Waals surface area contributed by atoms with Gasteiger partial charge in [-0.3, -0.25) is 15.4 Å².